The summed E-state index contributed by atoms with van der Waals surface area (Å²) in [5, 5.41) is 6.73. The molecule has 2 aromatic rings. The molecular weight excluding hydrogens is 376 g/mol. The van der Waals surface area contributed by atoms with E-state index in [-0.39, 0.29) is 0 Å². The first-order valence-electron chi connectivity index (χ1n) is 10.6. The second-order valence-electron chi connectivity index (χ2n) is 7.72. The Morgan fingerprint density at radius 3 is 2.53 bits per heavy atom. The standard InChI is InChI=1S/C23H34N6O/c1-18-5-6-19(15-21(18)30-4)9-10-25-23(24-2)27-17-20-7-8-22(26-16-20)29-13-11-28(3)12-14-29/h5-8,15-16H,9-14,17H2,1-4H3,(H2,24,25,27). The van der Waals surface area contributed by atoms with Gasteiger partial charge in [0.05, 0.1) is 7.11 Å². The van der Waals surface area contributed by atoms with Crippen molar-refractivity contribution in [1.82, 2.24) is 20.5 Å². The van der Waals surface area contributed by atoms with Gasteiger partial charge in [-0.25, -0.2) is 4.98 Å². The number of likely N-dealkylation sites (N-methyl/N-ethyl adjacent to an activating group) is 1. The molecule has 1 aliphatic rings. The topological polar surface area (TPSA) is 65.0 Å². The minimum absolute atomic E-state index is 0.689. The average molecular weight is 411 g/mol. The molecule has 7 heteroatoms. The third-order valence-electron chi connectivity index (χ3n) is 5.50. The maximum atomic E-state index is 5.41. The first-order valence-corrected chi connectivity index (χ1v) is 10.6. The summed E-state index contributed by atoms with van der Waals surface area (Å²) >= 11 is 0. The van der Waals surface area contributed by atoms with E-state index in [2.05, 4.69) is 74.7 Å². The van der Waals surface area contributed by atoms with Crippen molar-refractivity contribution in [2.75, 3.05) is 58.8 Å². The number of aliphatic imine (C=N–C) groups is 1. The zero-order valence-electron chi connectivity index (χ0n) is 18.6. The fraction of sp³-hybridized carbons (Fsp3) is 0.478. The van der Waals surface area contributed by atoms with Crippen LogP contribution in [0.1, 0.15) is 16.7 Å². The van der Waals surface area contributed by atoms with Gasteiger partial charge in [-0.2, -0.15) is 0 Å². The minimum Gasteiger partial charge on any atom is -0.496 e. The van der Waals surface area contributed by atoms with Crippen LogP contribution in [0.5, 0.6) is 5.75 Å². The molecule has 0 radical (unpaired) electrons. The molecule has 1 fully saturated rings. The summed E-state index contributed by atoms with van der Waals surface area (Å²) in [6.45, 7) is 7.78. The number of methoxy groups -OCH3 is 1. The molecule has 0 amide bonds. The zero-order valence-corrected chi connectivity index (χ0v) is 18.6. The summed E-state index contributed by atoms with van der Waals surface area (Å²) in [5.74, 6) is 2.78. The van der Waals surface area contributed by atoms with Crippen molar-refractivity contribution in [3.8, 4) is 5.75 Å². The first kappa shape index (κ1) is 21.9. The Bertz CT molecular complexity index is 828. The Kier molecular flexibility index (Phi) is 7.90. The van der Waals surface area contributed by atoms with Crippen LogP contribution in [0.4, 0.5) is 5.82 Å². The quantitative estimate of drug-likeness (QED) is 0.538. The Morgan fingerprint density at radius 1 is 1.10 bits per heavy atom. The summed E-state index contributed by atoms with van der Waals surface area (Å²) in [7, 11) is 5.67. The number of anilines is 1. The van der Waals surface area contributed by atoms with Gasteiger partial charge in [0.2, 0.25) is 0 Å². The Balaban J connectivity index is 1.44. The summed E-state index contributed by atoms with van der Waals surface area (Å²) in [4.78, 5) is 13.7. The number of hydrogen-bond donors (Lipinski definition) is 2. The normalized spacial score (nSPS) is 15.2. The predicted octanol–water partition coefficient (Wildman–Crippen LogP) is 2.06. The Hall–Kier alpha value is -2.80. The van der Waals surface area contributed by atoms with Gasteiger partial charge in [0.25, 0.3) is 0 Å². The van der Waals surface area contributed by atoms with Crippen LogP contribution in [0.25, 0.3) is 0 Å². The number of pyridine rings is 1. The van der Waals surface area contributed by atoms with Crippen LogP contribution in [0, 0.1) is 6.92 Å². The molecule has 162 valence electrons. The third kappa shape index (κ3) is 6.10. The molecule has 1 aromatic carbocycles. The zero-order chi connectivity index (χ0) is 21.3. The van der Waals surface area contributed by atoms with Crippen LogP contribution >= 0.6 is 0 Å². The number of hydrogen-bond acceptors (Lipinski definition) is 5. The van der Waals surface area contributed by atoms with Crippen LogP contribution in [-0.4, -0.2) is 69.8 Å². The SMILES string of the molecule is CN=C(NCCc1ccc(C)c(OC)c1)NCc1ccc(N2CCN(C)CC2)nc1. The minimum atomic E-state index is 0.689. The van der Waals surface area contributed by atoms with Crippen LogP contribution in [0.15, 0.2) is 41.5 Å². The summed E-state index contributed by atoms with van der Waals surface area (Å²) in [6.07, 6.45) is 2.85. The number of nitrogens with zero attached hydrogens (tertiary/aromatic N) is 4. The lowest BCUT2D eigenvalue weighted by molar-refractivity contribution is 0.312. The molecule has 7 nitrogen and oxygen atoms in total. The number of aromatic nitrogens is 1. The Labute approximate surface area is 180 Å². The second kappa shape index (κ2) is 10.8. The molecule has 2 heterocycles. The van der Waals surface area contributed by atoms with E-state index in [0.29, 0.717) is 6.54 Å². The van der Waals surface area contributed by atoms with Crippen molar-refractivity contribution >= 4 is 11.8 Å². The van der Waals surface area contributed by atoms with Gasteiger partial charge in [-0.05, 0) is 49.2 Å². The summed E-state index contributed by atoms with van der Waals surface area (Å²) in [6, 6.07) is 10.6. The van der Waals surface area contributed by atoms with Gasteiger partial charge in [0, 0.05) is 52.5 Å². The van der Waals surface area contributed by atoms with Gasteiger partial charge < -0.3 is 25.2 Å². The van der Waals surface area contributed by atoms with E-state index >= 15 is 0 Å². The van der Waals surface area contributed by atoms with Crippen molar-refractivity contribution in [3.05, 3.63) is 53.2 Å². The summed E-state index contributed by atoms with van der Waals surface area (Å²) in [5.41, 5.74) is 3.53. The van der Waals surface area contributed by atoms with Crippen molar-refractivity contribution in [2.24, 2.45) is 4.99 Å². The molecule has 2 N–H and O–H groups in total. The number of rotatable bonds is 7. The molecule has 3 rings (SSSR count). The number of nitrogens with one attached hydrogen (secondary N) is 2. The van der Waals surface area contributed by atoms with Gasteiger partial charge >= 0.3 is 0 Å². The highest BCUT2D eigenvalue weighted by molar-refractivity contribution is 5.79. The van der Waals surface area contributed by atoms with Gasteiger partial charge in [-0.15, -0.1) is 0 Å². The molecular formula is C23H34N6O. The molecule has 30 heavy (non-hydrogen) atoms. The molecule has 1 aliphatic heterocycles. The van der Waals surface area contributed by atoms with Crippen LogP contribution in [0.2, 0.25) is 0 Å². The lowest BCUT2D eigenvalue weighted by Gasteiger charge is -2.33. The van der Waals surface area contributed by atoms with Crippen LogP contribution in [-0.2, 0) is 13.0 Å². The molecule has 1 aromatic heterocycles. The maximum absolute atomic E-state index is 5.41. The molecule has 0 saturated carbocycles. The van der Waals surface area contributed by atoms with Crippen molar-refractivity contribution in [2.45, 2.75) is 19.9 Å². The van der Waals surface area contributed by atoms with Crippen LogP contribution in [0.3, 0.4) is 0 Å². The fourth-order valence-electron chi connectivity index (χ4n) is 3.50. The summed E-state index contributed by atoms with van der Waals surface area (Å²) < 4.78 is 5.41. The highest BCUT2D eigenvalue weighted by Gasteiger charge is 2.14. The third-order valence-corrected chi connectivity index (χ3v) is 5.50. The molecule has 0 spiro atoms. The second-order valence-corrected chi connectivity index (χ2v) is 7.72. The lowest BCUT2D eigenvalue weighted by atomic mass is 10.1. The lowest BCUT2D eigenvalue weighted by Crippen LogP contribution is -2.44. The number of benzene rings is 1. The van der Waals surface area contributed by atoms with Gasteiger partial charge in [0.15, 0.2) is 5.96 Å². The number of piperazine rings is 1. The predicted molar refractivity (Wildman–Crippen MR) is 124 cm³/mol. The van der Waals surface area contributed by atoms with Crippen molar-refractivity contribution in [1.29, 1.82) is 0 Å². The van der Waals surface area contributed by atoms with E-state index < -0.39 is 0 Å². The van der Waals surface area contributed by atoms with Gasteiger partial charge in [0.1, 0.15) is 11.6 Å². The average Bonchev–Trinajstić information content (AvgIpc) is 2.78. The van der Waals surface area contributed by atoms with E-state index in [9.17, 15) is 0 Å². The number of guanidine groups is 1. The largest absolute Gasteiger partial charge is 0.496 e. The van der Waals surface area contributed by atoms with E-state index in [0.717, 1.165) is 67.8 Å². The monoisotopic (exact) mass is 410 g/mol. The van der Waals surface area contributed by atoms with Crippen molar-refractivity contribution in [3.63, 3.8) is 0 Å². The van der Waals surface area contributed by atoms with Gasteiger partial charge in [-0.1, -0.05) is 18.2 Å². The smallest absolute Gasteiger partial charge is 0.191 e. The van der Waals surface area contributed by atoms with Crippen molar-refractivity contribution < 1.29 is 4.74 Å². The number of ether oxygens (including phenoxy) is 1. The molecule has 0 unspecified atom stereocenters. The van der Waals surface area contributed by atoms with E-state index in [4.69, 9.17) is 4.74 Å². The number of aryl methyl sites for hydroxylation is 1. The molecule has 1 saturated heterocycles. The molecule has 0 aliphatic carbocycles. The fourth-order valence-corrected chi connectivity index (χ4v) is 3.50. The maximum Gasteiger partial charge on any atom is 0.191 e. The van der Waals surface area contributed by atoms with E-state index in [1.165, 1.54) is 5.56 Å². The van der Waals surface area contributed by atoms with E-state index in [1.54, 1.807) is 14.2 Å². The van der Waals surface area contributed by atoms with Crippen LogP contribution < -0.4 is 20.3 Å². The van der Waals surface area contributed by atoms with E-state index in [1.807, 2.05) is 6.20 Å². The molecule has 0 bridgehead atoms. The highest BCUT2D eigenvalue weighted by atomic mass is 16.5. The Morgan fingerprint density at radius 2 is 1.87 bits per heavy atom. The highest BCUT2D eigenvalue weighted by Crippen LogP contribution is 2.19. The van der Waals surface area contributed by atoms with Gasteiger partial charge in [-0.3, -0.25) is 4.99 Å². The molecule has 0 atom stereocenters. The first-order chi connectivity index (χ1) is 14.6.